The average molecular weight is 298 g/mol. The molecule has 0 bridgehead atoms. The van der Waals surface area contributed by atoms with Gasteiger partial charge in [-0.25, -0.2) is 4.79 Å². The van der Waals surface area contributed by atoms with Crippen LogP contribution in [-0.2, 0) is 12.8 Å². The number of ether oxygens (including phenoxy) is 1. The fraction of sp³-hybridized carbons (Fsp3) is 0.235. The van der Waals surface area contributed by atoms with Crippen LogP contribution in [0.25, 0.3) is 11.0 Å². The summed E-state index contributed by atoms with van der Waals surface area (Å²) in [4.78, 5) is 12.6. The first-order valence-corrected chi connectivity index (χ1v) is 7.99. The van der Waals surface area contributed by atoms with Crippen molar-refractivity contribution < 1.29 is 13.9 Å². The third-order valence-corrected chi connectivity index (χ3v) is 4.71. The molecule has 1 aliphatic rings. The normalized spacial score (nSPS) is 14.1. The number of aryl methyl sites for hydroxylation is 2. The highest BCUT2D eigenvalue weighted by molar-refractivity contribution is 7.12. The van der Waals surface area contributed by atoms with Crippen molar-refractivity contribution in [2.75, 3.05) is 0 Å². The van der Waals surface area contributed by atoms with Crippen LogP contribution in [0.5, 0.6) is 5.75 Å². The van der Waals surface area contributed by atoms with Crippen LogP contribution in [0.3, 0.4) is 0 Å². The number of furan rings is 1. The van der Waals surface area contributed by atoms with Gasteiger partial charge in [-0.3, -0.25) is 0 Å². The van der Waals surface area contributed by atoms with Crippen LogP contribution in [0.4, 0.5) is 0 Å². The third kappa shape index (κ3) is 2.25. The highest BCUT2D eigenvalue weighted by Gasteiger charge is 2.18. The van der Waals surface area contributed by atoms with E-state index >= 15 is 0 Å². The standard InChI is InChI=1S/C17H14O3S/c18-17(16-6-3-9-21-16)19-11-7-8-15-13(10-11)12-4-1-2-5-14(12)20-15/h3,6-10H,1-2,4-5H2. The number of hydrogen-bond donors (Lipinski definition) is 0. The monoisotopic (exact) mass is 298 g/mol. The second-order valence-corrected chi connectivity index (χ2v) is 6.18. The smallest absolute Gasteiger partial charge is 0.353 e. The maximum atomic E-state index is 12.0. The molecule has 0 unspecified atom stereocenters. The second kappa shape index (κ2) is 5.04. The third-order valence-electron chi connectivity index (χ3n) is 3.86. The van der Waals surface area contributed by atoms with E-state index in [2.05, 4.69) is 0 Å². The minimum atomic E-state index is -0.304. The summed E-state index contributed by atoms with van der Waals surface area (Å²) in [6, 6.07) is 9.23. The summed E-state index contributed by atoms with van der Waals surface area (Å²) < 4.78 is 11.3. The molecule has 0 atom stereocenters. The summed E-state index contributed by atoms with van der Waals surface area (Å²) in [6.07, 6.45) is 4.44. The minimum Gasteiger partial charge on any atom is -0.461 e. The summed E-state index contributed by atoms with van der Waals surface area (Å²) >= 11 is 1.39. The van der Waals surface area contributed by atoms with Crippen LogP contribution in [0, 0.1) is 0 Å². The number of carbonyl (C=O) groups is 1. The van der Waals surface area contributed by atoms with E-state index in [1.807, 2.05) is 23.6 Å². The molecule has 2 heterocycles. The highest BCUT2D eigenvalue weighted by Crippen LogP contribution is 2.34. The number of carbonyl (C=O) groups excluding carboxylic acids is 1. The molecule has 1 aliphatic carbocycles. The van der Waals surface area contributed by atoms with Gasteiger partial charge < -0.3 is 9.15 Å². The van der Waals surface area contributed by atoms with E-state index in [0.29, 0.717) is 10.6 Å². The zero-order valence-electron chi connectivity index (χ0n) is 11.4. The zero-order chi connectivity index (χ0) is 14.2. The van der Waals surface area contributed by atoms with Gasteiger partial charge in [0.25, 0.3) is 0 Å². The van der Waals surface area contributed by atoms with Crippen molar-refractivity contribution >= 4 is 28.3 Å². The Morgan fingerprint density at radius 3 is 2.95 bits per heavy atom. The average Bonchev–Trinajstić information content (AvgIpc) is 3.14. The van der Waals surface area contributed by atoms with Gasteiger partial charge in [-0.2, -0.15) is 0 Å². The van der Waals surface area contributed by atoms with Gasteiger partial charge in [-0.15, -0.1) is 11.3 Å². The molecule has 0 radical (unpaired) electrons. The molecule has 0 amide bonds. The lowest BCUT2D eigenvalue weighted by atomic mass is 9.96. The summed E-state index contributed by atoms with van der Waals surface area (Å²) in [5.41, 5.74) is 2.17. The predicted octanol–water partition coefficient (Wildman–Crippen LogP) is 4.59. The van der Waals surface area contributed by atoms with Gasteiger partial charge in [-0.1, -0.05) is 6.07 Å². The Labute approximate surface area is 126 Å². The SMILES string of the molecule is O=C(Oc1ccc2oc3c(c2c1)CCCC3)c1cccs1. The van der Waals surface area contributed by atoms with Crippen LogP contribution >= 0.6 is 11.3 Å². The van der Waals surface area contributed by atoms with Crippen molar-refractivity contribution in [2.45, 2.75) is 25.7 Å². The number of esters is 1. The summed E-state index contributed by atoms with van der Waals surface area (Å²) in [5, 5.41) is 2.95. The molecule has 3 aromatic rings. The first kappa shape index (κ1) is 12.7. The Morgan fingerprint density at radius 1 is 1.19 bits per heavy atom. The van der Waals surface area contributed by atoms with Gasteiger partial charge in [0.15, 0.2) is 0 Å². The number of rotatable bonds is 2. The molecule has 106 valence electrons. The largest absolute Gasteiger partial charge is 0.461 e. The molecule has 1 aromatic carbocycles. The highest BCUT2D eigenvalue weighted by atomic mass is 32.1. The van der Waals surface area contributed by atoms with Crippen molar-refractivity contribution in [2.24, 2.45) is 0 Å². The number of thiophene rings is 1. The van der Waals surface area contributed by atoms with Crippen molar-refractivity contribution in [3.05, 3.63) is 51.9 Å². The second-order valence-electron chi connectivity index (χ2n) is 5.24. The van der Waals surface area contributed by atoms with Crippen molar-refractivity contribution in [1.82, 2.24) is 0 Å². The maximum absolute atomic E-state index is 12.0. The van der Waals surface area contributed by atoms with Gasteiger partial charge in [0.2, 0.25) is 0 Å². The van der Waals surface area contributed by atoms with Crippen molar-refractivity contribution in [3.8, 4) is 5.75 Å². The quantitative estimate of drug-likeness (QED) is 0.513. The van der Waals surface area contributed by atoms with E-state index in [1.54, 1.807) is 12.1 Å². The molecule has 0 saturated heterocycles. The summed E-state index contributed by atoms with van der Waals surface area (Å²) in [5.74, 6) is 1.37. The maximum Gasteiger partial charge on any atom is 0.353 e. The molecular formula is C17H14O3S. The molecule has 4 heteroatoms. The van der Waals surface area contributed by atoms with Gasteiger partial charge in [-0.05, 0) is 48.9 Å². The zero-order valence-corrected chi connectivity index (χ0v) is 12.2. The van der Waals surface area contributed by atoms with E-state index in [-0.39, 0.29) is 5.97 Å². The van der Waals surface area contributed by atoms with E-state index < -0.39 is 0 Å². The molecule has 0 N–H and O–H groups in total. The Balaban J connectivity index is 1.68. The lowest BCUT2D eigenvalue weighted by molar-refractivity contribution is 0.0740. The molecule has 0 fully saturated rings. The van der Waals surface area contributed by atoms with E-state index in [0.717, 1.165) is 29.6 Å². The van der Waals surface area contributed by atoms with Crippen LogP contribution in [-0.4, -0.2) is 5.97 Å². The molecule has 21 heavy (non-hydrogen) atoms. The Hall–Kier alpha value is -2.07. The molecule has 3 nitrogen and oxygen atoms in total. The predicted molar refractivity (Wildman–Crippen MR) is 82.1 cm³/mol. The fourth-order valence-electron chi connectivity index (χ4n) is 2.86. The molecule has 4 rings (SSSR count). The fourth-order valence-corrected chi connectivity index (χ4v) is 3.46. The van der Waals surface area contributed by atoms with Crippen molar-refractivity contribution in [3.63, 3.8) is 0 Å². The van der Waals surface area contributed by atoms with Crippen LogP contribution < -0.4 is 4.74 Å². The lowest BCUT2D eigenvalue weighted by Gasteiger charge is -2.08. The van der Waals surface area contributed by atoms with E-state index in [9.17, 15) is 4.79 Å². The summed E-state index contributed by atoms with van der Waals surface area (Å²) in [6.45, 7) is 0. The topological polar surface area (TPSA) is 39.4 Å². The summed E-state index contributed by atoms with van der Waals surface area (Å²) in [7, 11) is 0. The number of hydrogen-bond acceptors (Lipinski definition) is 4. The van der Waals surface area contributed by atoms with E-state index in [1.165, 1.54) is 29.7 Å². The molecule has 0 aliphatic heterocycles. The first-order valence-electron chi connectivity index (χ1n) is 7.11. The van der Waals surface area contributed by atoms with Gasteiger partial charge in [0.05, 0.1) is 0 Å². The van der Waals surface area contributed by atoms with Gasteiger partial charge in [0, 0.05) is 17.4 Å². The molecule has 0 saturated carbocycles. The first-order chi connectivity index (χ1) is 10.3. The van der Waals surface area contributed by atoms with Crippen LogP contribution in [0.2, 0.25) is 0 Å². The number of fused-ring (bicyclic) bond motifs is 3. The van der Waals surface area contributed by atoms with Gasteiger partial charge in [0.1, 0.15) is 22.0 Å². The molecular weight excluding hydrogens is 284 g/mol. The minimum absolute atomic E-state index is 0.304. The van der Waals surface area contributed by atoms with Crippen LogP contribution in [0.15, 0.2) is 40.1 Å². The Kier molecular flexibility index (Phi) is 3.04. The lowest BCUT2D eigenvalue weighted by Crippen LogP contribution is -2.06. The van der Waals surface area contributed by atoms with Crippen LogP contribution in [0.1, 0.15) is 33.8 Å². The molecule has 0 spiro atoms. The van der Waals surface area contributed by atoms with Crippen molar-refractivity contribution in [1.29, 1.82) is 0 Å². The number of benzene rings is 1. The Morgan fingerprint density at radius 2 is 2.10 bits per heavy atom. The van der Waals surface area contributed by atoms with Gasteiger partial charge >= 0.3 is 5.97 Å². The molecule has 2 aromatic heterocycles. The Bertz CT molecular complexity index is 799. The van der Waals surface area contributed by atoms with E-state index in [4.69, 9.17) is 9.15 Å².